The maximum absolute atomic E-state index is 13.6. The van der Waals surface area contributed by atoms with Crippen molar-refractivity contribution in [2.24, 2.45) is 18.0 Å². The molecule has 0 bridgehead atoms. The smallest absolute Gasteiger partial charge is 0.374 e. The Morgan fingerprint density at radius 2 is 2.03 bits per heavy atom. The SMILES string of the molecule is CCNC(=NCCC(O)(c1nccn1C)C(F)(F)F)NC1CN(C(C)C)CC1C.I. The van der Waals surface area contributed by atoms with Crippen LogP contribution in [0.1, 0.15) is 39.9 Å². The number of halogens is 4. The van der Waals surface area contributed by atoms with E-state index in [1.165, 1.54) is 24.0 Å². The number of aromatic nitrogens is 2. The Labute approximate surface area is 193 Å². The van der Waals surface area contributed by atoms with Crippen LogP contribution in [0.3, 0.4) is 0 Å². The third-order valence-corrected chi connectivity index (χ3v) is 5.44. The monoisotopic (exact) mass is 546 g/mol. The van der Waals surface area contributed by atoms with Gasteiger partial charge in [-0.05, 0) is 26.7 Å². The molecular weight excluding hydrogens is 512 g/mol. The van der Waals surface area contributed by atoms with Crippen LogP contribution < -0.4 is 10.6 Å². The maximum Gasteiger partial charge on any atom is 0.424 e. The molecular formula is C19H34F3IN6O. The van der Waals surface area contributed by atoms with Crippen molar-refractivity contribution in [3.05, 3.63) is 18.2 Å². The number of hydrogen-bond donors (Lipinski definition) is 3. The van der Waals surface area contributed by atoms with Crippen molar-refractivity contribution in [3.8, 4) is 0 Å². The zero-order valence-electron chi connectivity index (χ0n) is 18.2. The van der Waals surface area contributed by atoms with Crippen LogP contribution in [0.15, 0.2) is 17.4 Å². The number of hydrogen-bond acceptors (Lipinski definition) is 4. The first-order valence-corrected chi connectivity index (χ1v) is 10.0. The predicted molar refractivity (Wildman–Crippen MR) is 122 cm³/mol. The van der Waals surface area contributed by atoms with Gasteiger partial charge in [0, 0.05) is 64.1 Å². The molecule has 0 aliphatic carbocycles. The minimum absolute atomic E-state index is 0. The topological polar surface area (TPSA) is 77.7 Å². The van der Waals surface area contributed by atoms with E-state index in [1.807, 2.05) is 6.92 Å². The number of aliphatic imine (C=N–C) groups is 1. The fraction of sp³-hybridized carbons (Fsp3) is 0.789. The number of guanidine groups is 1. The second-order valence-corrected chi connectivity index (χ2v) is 8.01. The standard InChI is InChI=1S/C19H33F3N6O.HI/c1-6-23-17(26-15-12-28(13(2)3)11-14(15)4)25-8-7-18(29,19(20,21)22)16-24-9-10-27(16)5;/h9-10,13-15,29H,6-8,11-12H2,1-5H3,(H2,23,25,26);1H. The van der Waals surface area contributed by atoms with E-state index in [-0.39, 0.29) is 36.6 Å². The zero-order chi connectivity index (χ0) is 21.8. The Balaban J connectivity index is 0.00000450. The molecule has 0 spiro atoms. The molecule has 2 heterocycles. The van der Waals surface area contributed by atoms with Crippen LogP contribution in [0.25, 0.3) is 0 Å². The van der Waals surface area contributed by atoms with Crippen molar-refractivity contribution in [2.45, 2.75) is 58.0 Å². The summed E-state index contributed by atoms with van der Waals surface area (Å²) in [6.45, 7) is 10.5. The fourth-order valence-electron chi connectivity index (χ4n) is 3.58. The highest BCUT2D eigenvalue weighted by Gasteiger charge is 2.57. The number of nitrogens with one attached hydrogen (secondary N) is 2. The molecule has 3 atom stereocenters. The minimum atomic E-state index is -4.86. The number of imidazole rings is 1. The summed E-state index contributed by atoms with van der Waals surface area (Å²) in [6.07, 6.45) is -2.85. The molecule has 1 aromatic heterocycles. The van der Waals surface area contributed by atoms with Crippen LogP contribution in [0.5, 0.6) is 0 Å². The Morgan fingerprint density at radius 1 is 1.37 bits per heavy atom. The summed E-state index contributed by atoms with van der Waals surface area (Å²) in [5.41, 5.74) is -3.05. The van der Waals surface area contributed by atoms with Gasteiger partial charge in [0.05, 0.1) is 0 Å². The van der Waals surface area contributed by atoms with Gasteiger partial charge in [0.2, 0.25) is 5.60 Å². The highest BCUT2D eigenvalue weighted by atomic mass is 127. The molecule has 1 fully saturated rings. The first-order chi connectivity index (χ1) is 13.5. The first-order valence-electron chi connectivity index (χ1n) is 10.0. The van der Waals surface area contributed by atoms with E-state index in [4.69, 9.17) is 0 Å². The Hall–Kier alpha value is -1.08. The maximum atomic E-state index is 13.6. The molecule has 1 saturated heterocycles. The Morgan fingerprint density at radius 3 is 2.50 bits per heavy atom. The van der Waals surface area contributed by atoms with Crippen LogP contribution >= 0.6 is 24.0 Å². The molecule has 174 valence electrons. The van der Waals surface area contributed by atoms with Gasteiger partial charge in [0.15, 0.2) is 5.96 Å². The van der Waals surface area contributed by atoms with E-state index in [9.17, 15) is 18.3 Å². The molecule has 0 amide bonds. The average Bonchev–Trinajstić information content (AvgIpc) is 3.20. The van der Waals surface area contributed by atoms with Crippen LogP contribution in [0, 0.1) is 5.92 Å². The van der Waals surface area contributed by atoms with Crippen LogP contribution in [-0.2, 0) is 12.6 Å². The quantitative estimate of drug-likeness (QED) is 0.279. The molecule has 1 aliphatic rings. The highest BCUT2D eigenvalue weighted by Crippen LogP contribution is 2.40. The lowest BCUT2D eigenvalue weighted by atomic mass is 9.98. The molecule has 2 rings (SSSR count). The van der Waals surface area contributed by atoms with Crippen molar-refractivity contribution in [1.82, 2.24) is 25.1 Å². The molecule has 3 N–H and O–H groups in total. The van der Waals surface area contributed by atoms with E-state index in [0.717, 1.165) is 13.1 Å². The lowest BCUT2D eigenvalue weighted by molar-refractivity contribution is -0.272. The summed E-state index contributed by atoms with van der Waals surface area (Å²) in [6, 6.07) is 0.592. The largest absolute Gasteiger partial charge is 0.424 e. The third-order valence-electron chi connectivity index (χ3n) is 5.44. The van der Waals surface area contributed by atoms with Crippen LogP contribution in [-0.4, -0.2) is 70.0 Å². The van der Waals surface area contributed by atoms with Crippen molar-refractivity contribution in [2.75, 3.05) is 26.2 Å². The number of nitrogens with zero attached hydrogens (tertiary/aromatic N) is 4. The predicted octanol–water partition coefficient (Wildman–Crippen LogP) is 2.46. The Bertz CT molecular complexity index is 696. The van der Waals surface area contributed by atoms with Gasteiger partial charge in [0.25, 0.3) is 0 Å². The van der Waals surface area contributed by atoms with Crippen molar-refractivity contribution >= 4 is 29.9 Å². The van der Waals surface area contributed by atoms with Gasteiger partial charge in [-0.25, -0.2) is 4.98 Å². The summed E-state index contributed by atoms with van der Waals surface area (Å²) >= 11 is 0. The molecule has 0 radical (unpaired) electrons. The average molecular weight is 546 g/mol. The molecule has 30 heavy (non-hydrogen) atoms. The van der Waals surface area contributed by atoms with Gasteiger partial charge in [-0.15, -0.1) is 24.0 Å². The summed E-state index contributed by atoms with van der Waals surface area (Å²) in [4.78, 5) is 10.4. The second-order valence-electron chi connectivity index (χ2n) is 8.01. The van der Waals surface area contributed by atoms with Gasteiger partial charge in [-0.2, -0.15) is 13.2 Å². The van der Waals surface area contributed by atoms with Crippen molar-refractivity contribution < 1.29 is 18.3 Å². The third kappa shape index (κ3) is 6.22. The Kier molecular flexibility index (Phi) is 9.87. The molecule has 3 unspecified atom stereocenters. The molecule has 1 aromatic rings. The van der Waals surface area contributed by atoms with E-state index in [2.05, 4.69) is 46.3 Å². The normalized spacial score (nSPS) is 22.7. The van der Waals surface area contributed by atoms with Crippen molar-refractivity contribution in [1.29, 1.82) is 0 Å². The fourth-order valence-corrected chi connectivity index (χ4v) is 3.58. The van der Waals surface area contributed by atoms with E-state index < -0.39 is 24.0 Å². The number of rotatable bonds is 7. The van der Waals surface area contributed by atoms with Gasteiger partial charge < -0.3 is 20.3 Å². The summed E-state index contributed by atoms with van der Waals surface area (Å²) in [7, 11) is 1.43. The highest BCUT2D eigenvalue weighted by molar-refractivity contribution is 14.0. The summed E-state index contributed by atoms with van der Waals surface area (Å²) in [5, 5.41) is 16.8. The summed E-state index contributed by atoms with van der Waals surface area (Å²) < 4.78 is 42.1. The zero-order valence-corrected chi connectivity index (χ0v) is 20.5. The van der Waals surface area contributed by atoms with Gasteiger partial charge in [0.1, 0.15) is 5.82 Å². The van der Waals surface area contributed by atoms with Gasteiger partial charge in [-0.1, -0.05) is 6.92 Å². The lowest BCUT2D eigenvalue weighted by Gasteiger charge is -2.29. The molecule has 0 aromatic carbocycles. The summed E-state index contributed by atoms with van der Waals surface area (Å²) in [5.74, 6) is 0.412. The number of likely N-dealkylation sites (tertiary alicyclic amines) is 1. The minimum Gasteiger partial charge on any atom is -0.374 e. The molecule has 1 aliphatic heterocycles. The number of alkyl halides is 3. The van der Waals surface area contributed by atoms with Crippen LogP contribution in [0.2, 0.25) is 0 Å². The molecule has 7 nitrogen and oxygen atoms in total. The number of aliphatic hydroxyl groups is 1. The van der Waals surface area contributed by atoms with Crippen molar-refractivity contribution in [3.63, 3.8) is 0 Å². The number of aryl methyl sites for hydroxylation is 1. The van der Waals surface area contributed by atoms with E-state index in [1.54, 1.807) is 0 Å². The van der Waals surface area contributed by atoms with Crippen LogP contribution in [0.4, 0.5) is 13.2 Å². The second kappa shape index (κ2) is 11.0. The first kappa shape index (κ1) is 27.0. The van der Waals surface area contributed by atoms with Gasteiger partial charge in [-0.3, -0.25) is 9.89 Å². The van der Waals surface area contributed by atoms with E-state index in [0.29, 0.717) is 24.5 Å². The lowest BCUT2D eigenvalue weighted by Crippen LogP contribution is -2.47. The molecule has 0 saturated carbocycles. The van der Waals surface area contributed by atoms with Gasteiger partial charge >= 0.3 is 6.18 Å². The van der Waals surface area contributed by atoms with E-state index >= 15 is 0 Å². The molecule has 11 heteroatoms.